The number of rotatable bonds is 6. The zero-order valence-corrected chi connectivity index (χ0v) is 29.9. The molecule has 4 heterocycles. The molecule has 1 aromatic rings. The summed E-state index contributed by atoms with van der Waals surface area (Å²) in [6.45, 7) is 1.43. The predicted molar refractivity (Wildman–Crippen MR) is 185 cm³/mol. The lowest BCUT2D eigenvalue weighted by Crippen LogP contribution is -2.58. The van der Waals surface area contributed by atoms with Crippen LogP contribution in [0.25, 0.3) is 0 Å². The summed E-state index contributed by atoms with van der Waals surface area (Å²) in [6.07, 6.45) is 6.52. The van der Waals surface area contributed by atoms with Crippen LogP contribution in [0.3, 0.4) is 0 Å². The van der Waals surface area contributed by atoms with Crippen molar-refractivity contribution in [2.75, 3.05) is 26.3 Å². The molecule has 6 atom stereocenters. The fourth-order valence-corrected chi connectivity index (χ4v) is 9.01. The maximum atomic E-state index is 14.4. The molecular weight excluding hydrogens is 694 g/mol. The van der Waals surface area contributed by atoms with Gasteiger partial charge in [-0.15, -0.1) is 0 Å². The number of sulfonamides is 1. The fourth-order valence-electron chi connectivity index (χ4n) is 7.65. The van der Waals surface area contributed by atoms with Crippen molar-refractivity contribution in [2.45, 2.75) is 112 Å². The van der Waals surface area contributed by atoms with Gasteiger partial charge in [-0.05, 0) is 56.1 Å². The molecule has 4 aliphatic heterocycles. The fraction of sp³-hybridized carbons (Fsp3) is 0.639. The normalized spacial score (nSPS) is 31.4. The second-order valence-corrected chi connectivity index (χ2v) is 16.7. The zero-order chi connectivity index (χ0) is 36.5. The van der Waals surface area contributed by atoms with E-state index >= 15 is 0 Å². The summed E-state index contributed by atoms with van der Waals surface area (Å²) in [5, 5.41) is 4.91. The lowest BCUT2D eigenvalue weighted by Gasteiger charge is -2.30. The van der Waals surface area contributed by atoms with Crippen molar-refractivity contribution in [3.05, 3.63) is 47.5 Å². The number of nitrogens with one attached hydrogen (secondary N) is 3. The second-order valence-electron chi connectivity index (χ2n) is 14.8. The van der Waals surface area contributed by atoms with Crippen LogP contribution in [-0.2, 0) is 51.6 Å². The van der Waals surface area contributed by atoms with Crippen LogP contribution in [0.5, 0.6) is 0 Å². The smallest absolute Gasteiger partial charge is 0.410 e. The van der Waals surface area contributed by atoms with Crippen molar-refractivity contribution >= 4 is 39.9 Å². The molecule has 52 heavy (non-hydrogen) atoms. The number of carbonyl (C=O) groups excluding carboxylic acids is 5. The molecule has 2 saturated carbocycles. The van der Waals surface area contributed by atoms with Crippen molar-refractivity contribution in [1.82, 2.24) is 25.2 Å². The van der Waals surface area contributed by atoms with Crippen LogP contribution >= 0.6 is 0 Å². The van der Waals surface area contributed by atoms with E-state index in [9.17, 15) is 32.4 Å². The van der Waals surface area contributed by atoms with E-state index in [0.717, 1.165) is 24.0 Å². The SMILES string of the molecule is O=C(N[C@H]1CCCCC/C=C\[C@H]2C[C@@]2(C(=O)NS(=O)(=O)C2CC2)NC(=O)[C@@H]2C[C@@H](OC(=O)N3CCc4ccccc4C3)CN2C1=O)O[C@H]1CCOC1. The maximum absolute atomic E-state index is 14.4. The van der Waals surface area contributed by atoms with E-state index in [2.05, 4.69) is 15.4 Å². The quantitative estimate of drug-likeness (QED) is 0.364. The summed E-state index contributed by atoms with van der Waals surface area (Å²) >= 11 is 0. The van der Waals surface area contributed by atoms with Gasteiger partial charge in [-0.3, -0.25) is 19.1 Å². The molecule has 282 valence electrons. The first-order chi connectivity index (χ1) is 25.0. The molecule has 16 heteroatoms. The summed E-state index contributed by atoms with van der Waals surface area (Å²) in [4.78, 5) is 71.5. The first kappa shape index (κ1) is 36.2. The Morgan fingerprint density at radius 3 is 2.56 bits per heavy atom. The molecule has 6 aliphatic rings. The molecule has 0 bridgehead atoms. The van der Waals surface area contributed by atoms with E-state index < -0.39 is 80.9 Å². The number of ether oxygens (including phenoxy) is 3. The number of amides is 5. The topological polar surface area (TPSA) is 190 Å². The Balaban J connectivity index is 1.12. The minimum Gasteiger partial charge on any atom is -0.444 e. The summed E-state index contributed by atoms with van der Waals surface area (Å²) in [6, 6.07) is 5.66. The molecule has 0 spiro atoms. The molecule has 2 aliphatic carbocycles. The largest absolute Gasteiger partial charge is 0.444 e. The Hall–Kier alpha value is -4.18. The van der Waals surface area contributed by atoms with Crippen LogP contribution in [0, 0.1) is 5.92 Å². The van der Waals surface area contributed by atoms with Crippen LogP contribution in [0.4, 0.5) is 9.59 Å². The van der Waals surface area contributed by atoms with Crippen LogP contribution in [0.15, 0.2) is 36.4 Å². The van der Waals surface area contributed by atoms with E-state index in [0.29, 0.717) is 58.2 Å². The Morgan fingerprint density at radius 1 is 0.981 bits per heavy atom. The molecule has 2 saturated heterocycles. The van der Waals surface area contributed by atoms with Crippen molar-refractivity contribution in [1.29, 1.82) is 0 Å². The predicted octanol–water partition coefficient (Wildman–Crippen LogP) is 2.04. The van der Waals surface area contributed by atoms with Gasteiger partial charge >= 0.3 is 12.2 Å². The summed E-state index contributed by atoms with van der Waals surface area (Å²) < 4.78 is 44.5. The molecule has 1 aromatic carbocycles. The van der Waals surface area contributed by atoms with Crippen molar-refractivity contribution in [3.63, 3.8) is 0 Å². The van der Waals surface area contributed by atoms with Gasteiger partial charge in [0.2, 0.25) is 21.8 Å². The number of allylic oxidation sites excluding steroid dienone is 1. The van der Waals surface area contributed by atoms with Crippen molar-refractivity contribution < 1.29 is 46.6 Å². The third-order valence-electron chi connectivity index (χ3n) is 11.0. The van der Waals surface area contributed by atoms with Gasteiger partial charge in [0.15, 0.2) is 0 Å². The highest BCUT2D eigenvalue weighted by molar-refractivity contribution is 7.91. The van der Waals surface area contributed by atoms with Crippen LogP contribution in [0.2, 0.25) is 0 Å². The van der Waals surface area contributed by atoms with Crippen molar-refractivity contribution in [2.24, 2.45) is 5.92 Å². The second kappa shape index (κ2) is 15.0. The summed E-state index contributed by atoms with van der Waals surface area (Å²) in [7, 11) is -3.90. The third-order valence-corrected chi connectivity index (χ3v) is 12.8. The van der Waals surface area contributed by atoms with Crippen LogP contribution in [-0.4, -0.2) is 110 Å². The molecule has 0 unspecified atom stereocenters. The van der Waals surface area contributed by atoms with E-state index in [1.165, 1.54) is 4.90 Å². The number of hydrogen-bond donors (Lipinski definition) is 3. The van der Waals surface area contributed by atoms with E-state index in [1.807, 2.05) is 36.4 Å². The lowest BCUT2D eigenvalue weighted by atomic mass is 10.0. The van der Waals surface area contributed by atoms with E-state index in [1.54, 1.807) is 4.90 Å². The summed E-state index contributed by atoms with van der Waals surface area (Å²) in [5.41, 5.74) is 0.657. The number of carbonyl (C=O) groups is 5. The molecule has 15 nitrogen and oxygen atoms in total. The number of hydrogen-bond acceptors (Lipinski definition) is 10. The molecule has 7 rings (SSSR count). The highest BCUT2D eigenvalue weighted by atomic mass is 32.2. The van der Waals surface area contributed by atoms with Gasteiger partial charge in [-0.25, -0.2) is 18.0 Å². The Kier molecular flexibility index (Phi) is 10.5. The highest BCUT2D eigenvalue weighted by Crippen LogP contribution is 2.46. The third kappa shape index (κ3) is 8.07. The molecular formula is C36H47N5O10S. The van der Waals surface area contributed by atoms with Crippen LogP contribution in [0.1, 0.15) is 75.3 Å². The average Bonchev–Trinajstić information content (AvgIpc) is 4.00. The zero-order valence-electron chi connectivity index (χ0n) is 29.1. The first-order valence-corrected chi connectivity index (χ1v) is 20.0. The molecule has 3 N–H and O–H groups in total. The number of alkyl carbamates (subject to hydrolysis) is 1. The lowest BCUT2D eigenvalue weighted by molar-refractivity contribution is -0.141. The Labute approximate surface area is 303 Å². The van der Waals surface area contributed by atoms with Crippen LogP contribution < -0.4 is 15.4 Å². The van der Waals surface area contributed by atoms with Crippen molar-refractivity contribution in [3.8, 4) is 0 Å². The molecule has 5 amide bonds. The number of fused-ring (bicyclic) bond motifs is 3. The van der Waals surface area contributed by atoms with Gasteiger partial charge in [0.1, 0.15) is 29.8 Å². The monoisotopic (exact) mass is 741 g/mol. The van der Waals surface area contributed by atoms with E-state index in [4.69, 9.17) is 14.2 Å². The molecule has 4 fully saturated rings. The number of benzene rings is 1. The van der Waals surface area contributed by atoms with Gasteiger partial charge in [0.05, 0.1) is 25.0 Å². The first-order valence-electron chi connectivity index (χ1n) is 18.4. The van der Waals surface area contributed by atoms with Gasteiger partial charge in [-0.1, -0.05) is 49.3 Å². The van der Waals surface area contributed by atoms with Gasteiger partial charge in [-0.2, -0.15) is 0 Å². The Morgan fingerprint density at radius 2 is 1.79 bits per heavy atom. The standard InChI is InChI=1S/C36H47N5O10S/c42-31-30-18-27(51-35(46)40-16-14-23-8-6-7-9-24(23)20-40)21-41(30)32(43)29(37-34(45)50-26-15-17-49-22-26)11-5-3-1-2-4-10-25-19-36(25,38-31)33(44)39-52(47,48)28-12-13-28/h4,6-10,25-30H,1-3,5,11-22H2,(H,37,45)(H,38,42)(H,39,44)/b10-4-/t25-,26-,27+,29-,30-,36+/m0/s1. The van der Waals surface area contributed by atoms with Gasteiger partial charge in [0.25, 0.3) is 5.91 Å². The van der Waals surface area contributed by atoms with E-state index in [-0.39, 0.29) is 32.4 Å². The average molecular weight is 742 g/mol. The van der Waals surface area contributed by atoms with Gasteiger partial charge < -0.3 is 34.6 Å². The minimum absolute atomic E-state index is 0.0527. The van der Waals surface area contributed by atoms with Gasteiger partial charge in [0, 0.05) is 31.8 Å². The molecule has 0 radical (unpaired) electrons. The molecule has 0 aromatic heterocycles. The highest BCUT2D eigenvalue weighted by Gasteiger charge is 2.62. The Bertz CT molecular complexity index is 1710. The maximum Gasteiger partial charge on any atom is 0.410 e. The summed E-state index contributed by atoms with van der Waals surface area (Å²) in [5.74, 6) is -2.47. The minimum atomic E-state index is -3.90. The number of nitrogens with zero attached hydrogens (tertiary/aromatic N) is 2.